The van der Waals surface area contributed by atoms with Gasteiger partial charge in [-0.15, -0.1) is 0 Å². The van der Waals surface area contributed by atoms with Crippen molar-refractivity contribution < 1.29 is 14.5 Å². The van der Waals surface area contributed by atoms with E-state index in [4.69, 9.17) is 11.0 Å². The number of non-ortho nitro benzene ring substituents is 1. The van der Waals surface area contributed by atoms with E-state index in [1.165, 1.54) is 19.2 Å². The minimum atomic E-state index is -0.899. The Labute approximate surface area is 103 Å². The van der Waals surface area contributed by atoms with Gasteiger partial charge < -0.3 is 10.5 Å². The smallest absolute Gasteiger partial charge is 0.322 e. The zero-order valence-corrected chi connectivity index (χ0v) is 9.62. The Balaban J connectivity index is 3.00. The van der Waals surface area contributed by atoms with Crippen molar-refractivity contribution in [2.45, 2.75) is 12.5 Å². The molecule has 1 aromatic rings. The van der Waals surface area contributed by atoms with Crippen LogP contribution in [0.1, 0.15) is 11.1 Å². The van der Waals surface area contributed by atoms with Crippen molar-refractivity contribution in [2.24, 2.45) is 5.73 Å². The largest absolute Gasteiger partial charge is 0.468 e. The van der Waals surface area contributed by atoms with Crippen molar-refractivity contribution in [3.63, 3.8) is 0 Å². The Kier molecular flexibility index (Phi) is 4.34. The van der Waals surface area contributed by atoms with Gasteiger partial charge in [-0.2, -0.15) is 5.26 Å². The molecule has 0 bridgehead atoms. The molecule has 1 atom stereocenters. The first kappa shape index (κ1) is 13.6. The van der Waals surface area contributed by atoms with Crippen molar-refractivity contribution in [3.8, 4) is 6.07 Å². The van der Waals surface area contributed by atoms with Crippen molar-refractivity contribution in [1.82, 2.24) is 0 Å². The van der Waals surface area contributed by atoms with Crippen LogP contribution >= 0.6 is 0 Å². The number of benzene rings is 1. The normalized spacial score (nSPS) is 11.4. The van der Waals surface area contributed by atoms with Crippen LogP contribution in [-0.2, 0) is 16.0 Å². The van der Waals surface area contributed by atoms with Crippen molar-refractivity contribution >= 4 is 11.7 Å². The van der Waals surface area contributed by atoms with E-state index in [1.807, 2.05) is 6.07 Å². The van der Waals surface area contributed by atoms with Crippen molar-refractivity contribution in [3.05, 3.63) is 39.4 Å². The molecular weight excluding hydrogens is 238 g/mol. The maximum Gasteiger partial charge on any atom is 0.322 e. The third-order valence-electron chi connectivity index (χ3n) is 2.37. The quantitative estimate of drug-likeness (QED) is 0.471. The second kappa shape index (κ2) is 5.75. The lowest BCUT2D eigenvalue weighted by Crippen LogP contribution is -2.33. The molecule has 0 spiro atoms. The highest BCUT2D eigenvalue weighted by Crippen LogP contribution is 2.18. The molecule has 1 rings (SSSR count). The number of nitrogens with zero attached hydrogens (tertiary/aromatic N) is 2. The average Bonchev–Trinajstić information content (AvgIpc) is 2.37. The van der Waals surface area contributed by atoms with E-state index in [0.717, 1.165) is 6.07 Å². The predicted molar refractivity (Wildman–Crippen MR) is 61.5 cm³/mol. The highest BCUT2D eigenvalue weighted by molar-refractivity contribution is 5.75. The molecule has 0 aliphatic rings. The minimum Gasteiger partial charge on any atom is -0.468 e. The number of nitro groups is 1. The molecule has 94 valence electrons. The second-order valence-corrected chi connectivity index (χ2v) is 3.54. The maximum atomic E-state index is 11.2. The lowest BCUT2D eigenvalue weighted by atomic mass is 10.0. The van der Waals surface area contributed by atoms with Crippen LogP contribution in [0.15, 0.2) is 18.2 Å². The number of carbonyl (C=O) groups is 1. The van der Waals surface area contributed by atoms with Gasteiger partial charge in [0.2, 0.25) is 0 Å². The Morgan fingerprint density at radius 1 is 1.67 bits per heavy atom. The van der Waals surface area contributed by atoms with Crippen LogP contribution in [0.4, 0.5) is 5.69 Å². The number of esters is 1. The Bertz CT molecular complexity index is 522. The summed E-state index contributed by atoms with van der Waals surface area (Å²) in [6, 6.07) is 4.77. The first-order chi connectivity index (χ1) is 8.49. The molecule has 0 aliphatic heterocycles. The number of nitriles is 1. The number of nitro benzene ring substituents is 1. The molecule has 0 aromatic heterocycles. The van der Waals surface area contributed by atoms with E-state index in [0.29, 0.717) is 5.56 Å². The topological polar surface area (TPSA) is 119 Å². The highest BCUT2D eigenvalue weighted by Gasteiger charge is 2.18. The van der Waals surface area contributed by atoms with E-state index in [9.17, 15) is 14.9 Å². The predicted octanol–water partition coefficient (Wildman–Crippen LogP) is 0.509. The third-order valence-corrected chi connectivity index (χ3v) is 2.37. The van der Waals surface area contributed by atoms with E-state index < -0.39 is 16.9 Å². The Morgan fingerprint density at radius 2 is 2.33 bits per heavy atom. The van der Waals surface area contributed by atoms with E-state index in [1.54, 1.807) is 0 Å². The molecule has 7 nitrogen and oxygen atoms in total. The molecule has 0 unspecified atom stereocenters. The molecule has 0 amide bonds. The highest BCUT2D eigenvalue weighted by atomic mass is 16.6. The van der Waals surface area contributed by atoms with Gasteiger partial charge in [0.1, 0.15) is 6.04 Å². The molecule has 0 saturated heterocycles. The van der Waals surface area contributed by atoms with Crippen LogP contribution in [-0.4, -0.2) is 24.0 Å². The standard InChI is InChI=1S/C11H11N3O4/c1-18-11(15)10(13)5-7-2-3-9(14(16)17)4-8(7)6-12/h2-4,10H,5,13H2,1H3/t10-/m0/s1. The zero-order chi connectivity index (χ0) is 13.7. The average molecular weight is 249 g/mol. The van der Waals surface area contributed by atoms with E-state index in [-0.39, 0.29) is 17.7 Å². The number of ether oxygens (including phenoxy) is 1. The molecule has 7 heteroatoms. The van der Waals surface area contributed by atoms with Crippen LogP contribution in [0.25, 0.3) is 0 Å². The van der Waals surface area contributed by atoms with Gasteiger partial charge in [-0.25, -0.2) is 0 Å². The van der Waals surface area contributed by atoms with Gasteiger partial charge in [-0.1, -0.05) is 6.07 Å². The number of hydrogen-bond donors (Lipinski definition) is 1. The molecule has 2 N–H and O–H groups in total. The van der Waals surface area contributed by atoms with Crippen LogP contribution in [0, 0.1) is 21.4 Å². The first-order valence-corrected chi connectivity index (χ1v) is 5.00. The lowest BCUT2D eigenvalue weighted by molar-refractivity contribution is -0.384. The molecule has 0 aliphatic carbocycles. The van der Waals surface area contributed by atoms with Gasteiger partial charge in [0.05, 0.1) is 23.7 Å². The maximum absolute atomic E-state index is 11.2. The monoisotopic (exact) mass is 249 g/mol. The SMILES string of the molecule is COC(=O)[C@@H](N)Cc1ccc([N+](=O)[O-])cc1C#N. The van der Waals surface area contributed by atoms with E-state index in [2.05, 4.69) is 4.74 Å². The summed E-state index contributed by atoms with van der Waals surface area (Å²) in [5.41, 5.74) is 5.99. The second-order valence-electron chi connectivity index (χ2n) is 3.54. The molecule has 0 fully saturated rings. The summed E-state index contributed by atoms with van der Waals surface area (Å²) in [4.78, 5) is 21.1. The number of nitrogens with two attached hydrogens (primary N) is 1. The van der Waals surface area contributed by atoms with Crippen LogP contribution in [0.3, 0.4) is 0 Å². The van der Waals surface area contributed by atoms with Gasteiger partial charge in [-0.3, -0.25) is 14.9 Å². The minimum absolute atomic E-state index is 0.0908. The molecule has 0 saturated carbocycles. The fraction of sp³-hybridized carbons (Fsp3) is 0.273. The fourth-order valence-corrected chi connectivity index (χ4v) is 1.43. The number of hydrogen-bond acceptors (Lipinski definition) is 6. The summed E-state index contributed by atoms with van der Waals surface area (Å²) in [5.74, 6) is -0.600. The fourth-order valence-electron chi connectivity index (χ4n) is 1.43. The summed E-state index contributed by atoms with van der Waals surface area (Å²) in [5, 5.41) is 19.5. The third kappa shape index (κ3) is 3.02. The van der Waals surface area contributed by atoms with E-state index >= 15 is 0 Å². The van der Waals surface area contributed by atoms with Crippen LogP contribution in [0.2, 0.25) is 0 Å². The summed E-state index contributed by atoms with van der Waals surface area (Å²) < 4.78 is 4.46. The molecule has 1 aromatic carbocycles. The van der Waals surface area contributed by atoms with Crippen LogP contribution in [0.5, 0.6) is 0 Å². The molecular formula is C11H11N3O4. The van der Waals surface area contributed by atoms with Gasteiger partial charge in [0.25, 0.3) is 5.69 Å². The summed E-state index contributed by atoms with van der Waals surface area (Å²) in [7, 11) is 1.21. The van der Waals surface area contributed by atoms with Gasteiger partial charge in [-0.05, 0) is 12.0 Å². The summed E-state index contributed by atoms with van der Waals surface area (Å²) in [6.45, 7) is 0. The Hall–Kier alpha value is -2.46. The number of carbonyl (C=O) groups excluding carboxylic acids is 1. The number of methoxy groups -OCH3 is 1. The number of rotatable bonds is 4. The molecule has 0 radical (unpaired) electrons. The van der Waals surface area contributed by atoms with Crippen molar-refractivity contribution in [2.75, 3.05) is 7.11 Å². The summed E-state index contributed by atoms with van der Waals surface area (Å²) >= 11 is 0. The Morgan fingerprint density at radius 3 is 2.83 bits per heavy atom. The molecule has 18 heavy (non-hydrogen) atoms. The zero-order valence-electron chi connectivity index (χ0n) is 9.62. The van der Waals surface area contributed by atoms with Crippen molar-refractivity contribution in [1.29, 1.82) is 5.26 Å². The lowest BCUT2D eigenvalue weighted by Gasteiger charge is -2.10. The van der Waals surface area contributed by atoms with Gasteiger partial charge in [0.15, 0.2) is 0 Å². The van der Waals surface area contributed by atoms with Gasteiger partial charge in [0, 0.05) is 12.1 Å². The van der Waals surface area contributed by atoms with Crippen LogP contribution < -0.4 is 5.73 Å². The summed E-state index contributed by atoms with van der Waals surface area (Å²) in [6.07, 6.45) is 0.0908. The van der Waals surface area contributed by atoms with Gasteiger partial charge >= 0.3 is 5.97 Å². The first-order valence-electron chi connectivity index (χ1n) is 5.00. The molecule has 0 heterocycles.